The predicted octanol–water partition coefficient (Wildman–Crippen LogP) is 1.56. The Hall–Kier alpha value is -1.26. The monoisotopic (exact) mass is 236 g/mol. The second kappa shape index (κ2) is 5.89. The third kappa shape index (κ3) is 3.11. The molecule has 0 aromatic heterocycles. The molecular formula is C13H20N2O2. The maximum atomic E-state index is 9.73. The second-order valence-corrected chi connectivity index (χ2v) is 4.45. The van der Waals surface area contributed by atoms with Gasteiger partial charge in [0.25, 0.3) is 0 Å². The molecule has 0 aliphatic carbocycles. The van der Waals surface area contributed by atoms with E-state index in [0.717, 1.165) is 31.7 Å². The normalized spacial score (nSPS) is 18.9. The zero-order valence-corrected chi connectivity index (χ0v) is 9.93. The summed E-state index contributed by atoms with van der Waals surface area (Å²) < 4.78 is 5.35. The number of phenolic OH excluding ortho intramolecular Hbond substituents is 1. The molecule has 4 nitrogen and oxygen atoms in total. The third-order valence-corrected chi connectivity index (χ3v) is 3.33. The lowest BCUT2D eigenvalue weighted by Gasteiger charge is -2.31. The molecule has 1 aliphatic rings. The summed E-state index contributed by atoms with van der Waals surface area (Å²) in [6.07, 6.45) is 2.06. The van der Waals surface area contributed by atoms with Gasteiger partial charge in [0.15, 0.2) is 0 Å². The first-order chi connectivity index (χ1) is 8.31. The number of nitrogens with two attached hydrogens (primary N) is 1. The van der Waals surface area contributed by atoms with Crippen LogP contribution in [0.3, 0.4) is 0 Å². The summed E-state index contributed by atoms with van der Waals surface area (Å²) in [5, 5.41) is 13.1. The van der Waals surface area contributed by atoms with Crippen LogP contribution in [0.4, 0.5) is 5.69 Å². The SMILES string of the molecule is NCC(Nc1ccccc1O)C1CCOCC1. The zero-order chi connectivity index (χ0) is 12.1. The largest absolute Gasteiger partial charge is 0.506 e. The number of nitrogens with one attached hydrogen (secondary N) is 1. The summed E-state index contributed by atoms with van der Waals surface area (Å²) in [6, 6.07) is 7.47. The van der Waals surface area contributed by atoms with Gasteiger partial charge in [0.2, 0.25) is 0 Å². The number of aromatic hydroxyl groups is 1. The fourth-order valence-electron chi connectivity index (χ4n) is 2.28. The molecule has 0 saturated carbocycles. The van der Waals surface area contributed by atoms with E-state index in [1.165, 1.54) is 0 Å². The van der Waals surface area contributed by atoms with Crippen molar-refractivity contribution >= 4 is 5.69 Å². The average Bonchev–Trinajstić information content (AvgIpc) is 2.39. The molecule has 94 valence electrons. The molecule has 0 amide bonds. The summed E-state index contributed by atoms with van der Waals surface area (Å²) in [6.45, 7) is 2.19. The third-order valence-electron chi connectivity index (χ3n) is 3.33. The van der Waals surface area contributed by atoms with E-state index in [1.807, 2.05) is 18.2 Å². The van der Waals surface area contributed by atoms with Gasteiger partial charge in [-0.3, -0.25) is 0 Å². The summed E-state index contributed by atoms with van der Waals surface area (Å²) in [5.41, 5.74) is 6.58. The quantitative estimate of drug-likeness (QED) is 0.694. The van der Waals surface area contributed by atoms with Crippen LogP contribution < -0.4 is 11.1 Å². The first-order valence-corrected chi connectivity index (χ1v) is 6.13. The van der Waals surface area contributed by atoms with Gasteiger partial charge in [-0.05, 0) is 30.9 Å². The Bertz CT molecular complexity index is 351. The van der Waals surface area contributed by atoms with Crippen molar-refractivity contribution in [3.05, 3.63) is 24.3 Å². The van der Waals surface area contributed by atoms with Gasteiger partial charge in [0.05, 0.1) is 5.69 Å². The minimum atomic E-state index is 0.201. The molecule has 2 rings (SSSR count). The Labute approximate surface area is 102 Å². The number of ether oxygens (including phenoxy) is 1. The summed E-state index contributed by atoms with van der Waals surface area (Å²) in [4.78, 5) is 0. The van der Waals surface area contributed by atoms with Crippen LogP contribution in [0, 0.1) is 5.92 Å². The van der Waals surface area contributed by atoms with Gasteiger partial charge in [-0.15, -0.1) is 0 Å². The number of benzene rings is 1. The number of phenols is 1. The van der Waals surface area contributed by atoms with Gasteiger partial charge in [0, 0.05) is 25.8 Å². The second-order valence-electron chi connectivity index (χ2n) is 4.45. The topological polar surface area (TPSA) is 67.5 Å². The van der Waals surface area contributed by atoms with Crippen LogP contribution in [0.1, 0.15) is 12.8 Å². The summed E-state index contributed by atoms with van der Waals surface area (Å²) >= 11 is 0. The molecule has 17 heavy (non-hydrogen) atoms. The fraction of sp³-hybridized carbons (Fsp3) is 0.538. The lowest BCUT2D eigenvalue weighted by Crippen LogP contribution is -2.39. The van der Waals surface area contributed by atoms with Crippen molar-refractivity contribution in [3.8, 4) is 5.75 Å². The van der Waals surface area contributed by atoms with Crippen molar-refractivity contribution in [2.45, 2.75) is 18.9 Å². The molecule has 1 unspecified atom stereocenters. The standard InChI is InChI=1S/C13H20N2O2/c14-9-12(10-5-7-17-8-6-10)15-11-3-1-2-4-13(11)16/h1-4,10,12,15-16H,5-9,14H2. The van der Waals surface area contributed by atoms with Gasteiger partial charge < -0.3 is 20.9 Å². The minimum Gasteiger partial charge on any atom is -0.506 e. The number of rotatable bonds is 4. The highest BCUT2D eigenvalue weighted by Gasteiger charge is 2.23. The fourth-order valence-corrected chi connectivity index (χ4v) is 2.28. The highest BCUT2D eigenvalue weighted by atomic mass is 16.5. The Morgan fingerprint density at radius 1 is 1.35 bits per heavy atom. The van der Waals surface area contributed by atoms with Crippen LogP contribution >= 0.6 is 0 Å². The van der Waals surface area contributed by atoms with E-state index >= 15 is 0 Å². The molecule has 0 radical (unpaired) electrons. The Balaban J connectivity index is 2.01. The first-order valence-electron chi connectivity index (χ1n) is 6.13. The van der Waals surface area contributed by atoms with Gasteiger partial charge in [-0.2, -0.15) is 0 Å². The first kappa shape index (κ1) is 12.2. The lowest BCUT2D eigenvalue weighted by atomic mass is 9.91. The Morgan fingerprint density at radius 2 is 2.06 bits per heavy atom. The smallest absolute Gasteiger partial charge is 0.138 e. The molecule has 4 N–H and O–H groups in total. The van der Waals surface area contributed by atoms with Crippen LogP contribution in [-0.4, -0.2) is 30.9 Å². The number of hydrogen-bond acceptors (Lipinski definition) is 4. The number of anilines is 1. The molecule has 1 aromatic carbocycles. The van der Waals surface area contributed by atoms with Crippen molar-refractivity contribution in [3.63, 3.8) is 0 Å². The zero-order valence-electron chi connectivity index (χ0n) is 9.93. The Kier molecular flexibility index (Phi) is 4.23. The van der Waals surface area contributed by atoms with E-state index in [2.05, 4.69) is 5.32 Å². The molecule has 1 aromatic rings. The minimum absolute atomic E-state index is 0.201. The molecular weight excluding hydrogens is 216 g/mol. The van der Waals surface area contributed by atoms with Gasteiger partial charge in [-0.1, -0.05) is 12.1 Å². The molecule has 1 heterocycles. The van der Waals surface area contributed by atoms with Crippen molar-refractivity contribution in [1.82, 2.24) is 0 Å². The Morgan fingerprint density at radius 3 is 2.71 bits per heavy atom. The molecule has 1 atom stereocenters. The highest BCUT2D eigenvalue weighted by Crippen LogP contribution is 2.26. The number of para-hydroxylation sites is 2. The lowest BCUT2D eigenvalue weighted by molar-refractivity contribution is 0.0613. The van der Waals surface area contributed by atoms with E-state index < -0.39 is 0 Å². The van der Waals surface area contributed by atoms with Gasteiger partial charge >= 0.3 is 0 Å². The van der Waals surface area contributed by atoms with Crippen LogP contribution in [-0.2, 0) is 4.74 Å². The van der Waals surface area contributed by atoms with E-state index in [1.54, 1.807) is 6.07 Å². The van der Waals surface area contributed by atoms with Gasteiger partial charge in [0.1, 0.15) is 5.75 Å². The molecule has 4 heteroatoms. The molecule has 0 spiro atoms. The van der Waals surface area contributed by atoms with E-state index in [9.17, 15) is 5.11 Å². The van der Waals surface area contributed by atoms with Crippen LogP contribution in [0.25, 0.3) is 0 Å². The van der Waals surface area contributed by atoms with Crippen molar-refractivity contribution < 1.29 is 9.84 Å². The predicted molar refractivity (Wildman–Crippen MR) is 68.1 cm³/mol. The van der Waals surface area contributed by atoms with E-state index in [4.69, 9.17) is 10.5 Å². The molecule has 1 fully saturated rings. The average molecular weight is 236 g/mol. The summed E-state index contributed by atoms with van der Waals surface area (Å²) in [5.74, 6) is 0.798. The molecule has 1 aliphatic heterocycles. The van der Waals surface area contributed by atoms with Crippen LogP contribution in [0.2, 0.25) is 0 Å². The maximum absolute atomic E-state index is 9.73. The van der Waals surface area contributed by atoms with Crippen molar-refractivity contribution in [2.24, 2.45) is 11.7 Å². The van der Waals surface area contributed by atoms with Crippen LogP contribution in [0.15, 0.2) is 24.3 Å². The van der Waals surface area contributed by atoms with Crippen molar-refractivity contribution in [1.29, 1.82) is 0 Å². The van der Waals surface area contributed by atoms with Crippen molar-refractivity contribution in [2.75, 3.05) is 25.1 Å². The summed E-state index contributed by atoms with van der Waals surface area (Å²) in [7, 11) is 0. The molecule has 1 saturated heterocycles. The van der Waals surface area contributed by atoms with Crippen LogP contribution in [0.5, 0.6) is 5.75 Å². The molecule has 0 bridgehead atoms. The highest BCUT2D eigenvalue weighted by molar-refractivity contribution is 5.55. The maximum Gasteiger partial charge on any atom is 0.138 e. The van der Waals surface area contributed by atoms with Gasteiger partial charge in [-0.25, -0.2) is 0 Å². The number of hydrogen-bond donors (Lipinski definition) is 3. The van der Waals surface area contributed by atoms with E-state index in [-0.39, 0.29) is 11.8 Å². The van der Waals surface area contributed by atoms with E-state index in [0.29, 0.717) is 12.5 Å².